The molecular weight excluding hydrogens is 250 g/mol. The average molecular weight is 264 g/mol. The van der Waals surface area contributed by atoms with Crippen LogP contribution >= 0.6 is 11.6 Å². The summed E-state index contributed by atoms with van der Waals surface area (Å²) in [6.45, 7) is 2.11. The second-order valence-electron chi connectivity index (χ2n) is 4.09. The van der Waals surface area contributed by atoms with E-state index in [1.165, 1.54) is 6.92 Å². The van der Waals surface area contributed by atoms with Crippen molar-refractivity contribution < 1.29 is 4.79 Å². The lowest BCUT2D eigenvalue weighted by molar-refractivity contribution is 0.101. The third-order valence-corrected chi connectivity index (χ3v) is 2.89. The SMILES string of the molecule is CC(=O)c1cc(Cl)cc(NCc2nccn2C)c1. The monoisotopic (exact) mass is 263 g/mol. The summed E-state index contributed by atoms with van der Waals surface area (Å²) in [7, 11) is 1.93. The molecule has 2 rings (SSSR count). The summed E-state index contributed by atoms with van der Waals surface area (Å²) in [5.74, 6) is 0.914. The minimum Gasteiger partial charge on any atom is -0.378 e. The van der Waals surface area contributed by atoms with Crippen molar-refractivity contribution in [2.75, 3.05) is 5.32 Å². The number of aromatic nitrogens is 2. The second kappa shape index (κ2) is 5.23. The topological polar surface area (TPSA) is 46.9 Å². The van der Waals surface area contributed by atoms with Crippen molar-refractivity contribution in [3.05, 3.63) is 47.0 Å². The molecule has 94 valence electrons. The fourth-order valence-electron chi connectivity index (χ4n) is 1.64. The number of rotatable bonds is 4. The lowest BCUT2D eigenvalue weighted by Gasteiger charge is -2.08. The number of nitrogens with zero attached hydrogens (tertiary/aromatic N) is 2. The van der Waals surface area contributed by atoms with Gasteiger partial charge in [-0.25, -0.2) is 4.98 Å². The Morgan fingerprint density at radius 2 is 2.22 bits per heavy atom. The van der Waals surface area contributed by atoms with Gasteiger partial charge in [0, 0.05) is 35.7 Å². The van der Waals surface area contributed by atoms with Crippen LogP contribution in [0.1, 0.15) is 23.1 Å². The van der Waals surface area contributed by atoms with Gasteiger partial charge in [-0.1, -0.05) is 11.6 Å². The number of benzene rings is 1. The van der Waals surface area contributed by atoms with Crippen molar-refractivity contribution in [2.24, 2.45) is 7.05 Å². The Bertz CT molecular complexity index is 577. The molecule has 1 aromatic heterocycles. The number of carbonyl (C=O) groups is 1. The van der Waals surface area contributed by atoms with E-state index >= 15 is 0 Å². The molecule has 1 heterocycles. The van der Waals surface area contributed by atoms with E-state index in [-0.39, 0.29) is 5.78 Å². The number of nitrogens with one attached hydrogen (secondary N) is 1. The Labute approximate surface area is 111 Å². The largest absolute Gasteiger partial charge is 0.378 e. The van der Waals surface area contributed by atoms with Crippen molar-refractivity contribution in [3.8, 4) is 0 Å². The molecule has 0 saturated heterocycles. The standard InChI is InChI=1S/C13H14ClN3O/c1-9(18)10-5-11(14)7-12(6-10)16-8-13-15-3-4-17(13)2/h3-7,16H,8H2,1-2H3. The molecule has 0 saturated carbocycles. The molecule has 0 aliphatic rings. The number of aryl methyl sites for hydroxylation is 1. The third-order valence-electron chi connectivity index (χ3n) is 2.68. The number of anilines is 1. The quantitative estimate of drug-likeness (QED) is 0.863. The molecule has 0 fully saturated rings. The number of Topliss-reactive ketones (excluding diaryl/α,β-unsaturated/α-hetero) is 1. The van der Waals surface area contributed by atoms with Gasteiger partial charge < -0.3 is 9.88 Å². The zero-order valence-corrected chi connectivity index (χ0v) is 11.0. The van der Waals surface area contributed by atoms with Gasteiger partial charge in [0.2, 0.25) is 0 Å². The third kappa shape index (κ3) is 2.90. The van der Waals surface area contributed by atoms with Gasteiger partial charge >= 0.3 is 0 Å². The number of halogens is 1. The van der Waals surface area contributed by atoms with E-state index < -0.39 is 0 Å². The molecule has 2 aromatic rings. The Morgan fingerprint density at radius 1 is 1.44 bits per heavy atom. The molecule has 0 aliphatic carbocycles. The van der Waals surface area contributed by atoms with Crippen LogP contribution in [0.4, 0.5) is 5.69 Å². The van der Waals surface area contributed by atoms with E-state index in [0.29, 0.717) is 17.1 Å². The maximum absolute atomic E-state index is 11.3. The molecule has 0 amide bonds. The summed E-state index contributed by atoms with van der Waals surface area (Å²) in [4.78, 5) is 15.5. The van der Waals surface area contributed by atoms with Crippen LogP contribution in [0.5, 0.6) is 0 Å². The summed E-state index contributed by atoms with van der Waals surface area (Å²) in [5.41, 5.74) is 1.42. The molecule has 0 bridgehead atoms. The van der Waals surface area contributed by atoms with Gasteiger partial charge in [-0.2, -0.15) is 0 Å². The summed E-state index contributed by atoms with van der Waals surface area (Å²) in [6.07, 6.45) is 3.63. The molecule has 1 aromatic carbocycles. The van der Waals surface area contributed by atoms with E-state index in [0.717, 1.165) is 11.5 Å². The summed E-state index contributed by atoms with van der Waals surface area (Å²) < 4.78 is 1.93. The Balaban J connectivity index is 2.14. The second-order valence-corrected chi connectivity index (χ2v) is 4.53. The minimum atomic E-state index is -0.00228. The summed E-state index contributed by atoms with van der Waals surface area (Å²) in [6, 6.07) is 5.24. The van der Waals surface area contributed by atoms with Gasteiger partial charge in [-0.05, 0) is 25.1 Å². The smallest absolute Gasteiger partial charge is 0.159 e. The van der Waals surface area contributed by atoms with Crippen LogP contribution in [-0.2, 0) is 13.6 Å². The van der Waals surface area contributed by atoms with Crippen LogP contribution in [0.15, 0.2) is 30.6 Å². The van der Waals surface area contributed by atoms with Crippen molar-refractivity contribution in [1.29, 1.82) is 0 Å². The lowest BCUT2D eigenvalue weighted by Crippen LogP contribution is -2.06. The molecule has 0 radical (unpaired) electrons. The Morgan fingerprint density at radius 3 is 2.83 bits per heavy atom. The van der Waals surface area contributed by atoms with Gasteiger partial charge in [0.1, 0.15) is 5.82 Å². The zero-order chi connectivity index (χ0) is 13.1. The van der Waals surface area contributed by atoms with Gasteiger partial charge in [0.15, 0.2) is 5.78 Å². The fourth-order valence-corrected chi connectivity index (χ4v) is 1.88. The Kier molecular flexibility index (Phi) is 3.67. The van der Waals surface area contributed by atoms with Gasteiger partial charge in [0.25, 0.3) is 0 Å². The molecular formula is C13H14ClN3O. The van der Waals surface area contributed by atoms with Crippen molar-refractivity contribution in [3.63, 3.8) is 0 Å². The normalized spacial score (nSPS) is 10.4. The number of ketones is 1. The van der Waals surface area contributed by atoms with Crippen LogP contribution in [0.2, 0.25) is 5.02 Å². The summed E-state index contributed by atoms with van der Waals surface area (Å²) in [5, 5.41) is 3.75. The highest BCUT2D eigenvalue weighted by atomic mass is 35.5. The molecule has 5 heteroatoms. The van der Waals surface area contributed by atoms with E-state index in [4.69, 9.17) is 11.6 Å². The first-order chi connectivity index (χ1) is 8.56. The van der Waals surface area contributed by atoms with E-state index in [9.17, 15) is 4.79 Å². The van der Waals surface area contributed by atoms with Gasteiger partial charge in [-0.3, -0.25) is 4.79 Å². The van der Waals surface area contributed by atoms with E-state index in [1.54, 1.807) is 24.4 Å². The highest BCUT2D eigenvalue weighted by Gasteiger charge is 2.05. The Hall–Kier alpha value is -1.81. The number of carbonyl (C=O) groups excluding carboxylic acids is 1. The molecule has 18 heavy (non-hydrogen) atoms. The molecule has 1 N–H and O–H groups in total. The molecule has 0 unspecified atom stereocenters. The maximum Gasteiger partial charge on any atom is 0.159 e. The highest BCUT2D eigenvalue weighted by Crippen LogP contribution is 2.20. The van der Waals surface area contributed by atoms with E-state index in [1.807, 2.05) is 17.8 Å². The van der Waals surface area contributed by atoms with Gasteiger partial charge in [0.05, 0.1) is 6.54 Å². The van der Waals surface area contributed by atoms with Crippen molar-refractivity contribution in [2.45, 2.75) is 13.5 Å². The first-order valence-electron chi connectivity index (χ1n) is 5.58. The predicted octanol–water partition coefficient (Wildman–Crippen LogP) is 2.89. The number of hydrogen-bond acceptors (Lipinski definition) is 3. The first kappa shape index (κ1) is 12.6. The molecule has 0 spiro atoms. The van der Waals surface area contributed by atoms with Crippen LogP contribution in [-0.4, -0.2) is 15.3 Å². The van der Waals surface area contributed by atoms with E-state index in [2.05, 4.69) is 10.3 Å². The fraction of sp³-hybridized carbons (Fsp3) is 0.231. The molecule has 0 atom stereocenters. The van der Waals surface area contributed by atoms with Crippen LogP contribution in [0.3, 0.4) is 0 Å². The predicted molar refractivity (Wildman–Crippen MR) is 72.0 cm³/mol. The van der Waals surface area contributed by atoms with Crippen molar-refractivity contribution >= 4 is 23.1 Å². The number of hydrogen-bond donors (Lipinski definition) is 1. The summed E-state index contributed by atoms with van der Waals surface area (Å²) >= 11 is 5.97. The lowest BCUT2D eigenvalue weighted by atomic mass is 10.1. The minimum absolute atomic E-state index is 0.00228. The first-order valence-corrected chi connectivity index (χ1v) is 5.95. The van der Waals surface area contributed by atoms with Crippen LogP contribution in [0.25, 0.3) is 0 Å². The van der Waals surface area contributed by atoms with Crippen LogP contribution < -0.4 is 5.32 Å². The highest BCUT2D eigenvalue weighted by molar-refractivity contribution is 6.31. The van der Waals surface area contributed by atoms with Crippen LogP contribution in [0, 0.1) is 0 Å². The average Bonchev–Trinajstić information content (AvgIpc) is 2.71. The van der Waals surface area contributed by atoms with Gasteiger partial charge in [-0.15, -0.1) is 0 Å². The maximum atomic E-state index is 11.3. The zero-order valence-electron chi connectivity index (χ0n) is 10.3. The molecule has 0 aliphatic heterocycles. The number of imidazole rings is 1. The van der Waals surface area contributed by atoms with Crippen molar-refractivity contribution in [1.82, 2.24) is 9.55 Å². The molecule has 4 nitrogen and oxygen atoms in total.